The van der Waals surface area contributed by atoms with E-state index >= 15 is 0 Å². The smallest absolute Gasteiger partial charge is 0.309 e. The van der Waals surface area contributed by atoms with Gasteiger partial charge in [0.1, 0.15) is 11.6 Å². The Hall–Kier alpha value is -1.03. The summed E-state index contributed by atoms with van der Waals surface area (Å²) in [6.45, 7) is 2.28. The first-order valence-electron chi connectivity index (χ1n) is 5.01. The molecule has 0 bridgehead atoms. The van der Waals surface area contributed by atoms with Crippen molar-refractivity contribution in [3.63, 3.8) is 0 Å². The number of ether oxygens (including phenoxy) is 2. The molecule has 0 atom stereocenters. The summed E-state index contributed by atoms with van der Waals surface area (Å²) in [5, 5.41) is 0.240. The highest BCUT2D eigenvalue weighted by Gasteiger charge is 2.14. The van der Waals surface area contributed by atoms with Crippen molar-refractivity contribution >= 4 is 17.6 Å². The molecule has 0 fully saturated rings. The summed E-state index contributed by atoms with van der Waals surface area (Å²) in [5.74, 6) is -0.212. The monoisotopic (exact) mass is 247 g/mol. The minimum absolute atomic E-state index is 0.160. The second-order valence-electron chi connectivity index (χ2n) is 3.11. The van der Waals surface area contributed by atoms with Gasteiger partial charge < -0.3 is 9.47 Å². The molecule has 0 aliphatic heterocycles. The molecule has 89 valence electrons. The van der Waals surface area contributed by atoms with Gasteiger partial charge in [-0.05, 0) is 13.0 Å². The largest absolute Gasteiger partial charge is 0.496 e. The third-order valence-electron chi connectivity index (χ3n) is 1.90. The predicted octanol–water partition coefficient (Wildman–Crippen LogP) is 2.87. The second kappa shape index (κ2) is 6.53. The summed E-state index contributed by atoms with van der Waals surface area (Å²) in [4.78, 5) is 11.0. The van der Waals surface area contributed by atoms with E-state index in [0.29, 0.717) is 18.8 Å². The molecule has 1 rings (SSSR count). The van der Waals surface area contributed by atoms with Gasteiger partial charge in [-0.3, -0.25) is 4.79 Å². The quantitative estimate of drug-likeness (QED) is 0.701. The fraction of sp³-hybridized carbons (Fsp3) is 0.455. The van der Waals surface area contributed by atoms with Crippen LogP contribution in [0.5, 0.6) is 0 Å². The lowest BCUT2D eigenvalue weighted by Crippen LogP contribution is -2.09. The SMILES string of the molecule is CCOC(=O)CCOC1=C(Cl)C=C(F)[CH]C1. The van der Waals surface area contributed by atoms with Crippen LogP contribution in [-0.2, 0) is 14.3 Å². The Morgan fingerprint density at radius 3 is 3.00 bits per heavy atom. The van der Waals surface area contributed by atoms with Crippen LogP contribution in [-0.4, -0.2) is 19.2 Å². The molecule has 0 aromatic carbocycles. The molecular weight excluding hydrogens is 235 g/mol. The van der Waals surface area contributed by atoms with Gasteiger partial charge in [-0.15, -0.1) is 0 Å². The van der Waals surface area contributed by atoms with Crippen LogP contribution < -0.4 is 0 Å². The second-order valence-corrected chi connectivity index (χ2v) is 3.52. The Bertz CT molecular complexity index is 323. The van der Waals surface area contributed by atoms with E-state index < -0.39 is 0 Å². The molecule has 0 aromatic rings. The van der Waals surface area contributed by atoms with Crippen LogP contribution in [0.2, 0.25) is 0 Å². The number of esters is 1. The van der Waals surface area contributed by atoms with E-state index in [4.69, 9.17) is 21.1 Å². The lowest BCUT2D eigenvalue weighted by molar-refractivity contribution is -0.144. The molecule has 16 heavy (non-hydrogen) atoms. The number of halogens is 2. The van der Waals surface area contributed by atoms with Gasteiger partial charge in [0.15, 0.2) is 0 Å². The molecule has 0 aromatic heterocycles. The van der Waals surface area contributed by atoms with E-state index in [1.54, 1.807) is 6.92 Å². The molecule has 1 aliphatic rings. The highest BCUT2D eigenvalue weighted by atomic mass is 35.5. The first kappa shape index (κ1) is 13.0. The minimum Gasteiger partial charge on any atom is -0.496 e. The van der Waals surface area contributed by atoms with Crippen LogP contribution in [0.15, 0.2) is 22.7 Å². The van der Waals surface area contributed by atoms with Gasteiger partial charge in [-0.1, -0.05) is 11.6 Å². The van der Waals surface area contributed by atoms with E-state index in [1.165, 1.54) is 12.5 Å². The van der Waals surface area contributed by atoms with Crippen molar-refractivity contribution in [1.82, 2.24) is 0 Å². The summed E-state index contributed by atoms with van der Waals surface area (Å²) in [6.07, 6.45) is 3.02. The Morgan fingerprint density at radius 2 is 2.38 bits per heavy atom. The molecule has 0 saturated heterocycles. The number of hydrogen-bond acceptors (Lipinski definition) is 3. The molecule has 0 spiro atoms. The molecule has 3 nitrogen and oxygen atoms in total. The van der Waals surface area contributed by atoms with Gasteiger partial charge in [-0.2, -0.15) is 0 Å². The summed E-state index contributed by atoms with van der Waals surface area (Å²) in [6, 6.07) is 0. The molecule has 0 heterocycles. The first-order valence-corrected chi connectivity index (χ1v) is 5.38. The summed E-state index contributed by atoms with van der Waals surface area (Å²) >= 11 is 5.76. The number of hydrogen-bond donors (Lipinski definition) is 0. The number of carbonyl (C=O) groups is 1. The van der Waals surface area contributed by atoms with Crippen molar-refractivity contribution in [3.05, 3.63) is 29.1 Å². The van der Waals surface area contributed by atoms with Gasteiger partial charge in [0.05, 0.1) is 24.7 Å². The zero-order chi connectivity index (χ0) is 12.0. The highest BCUT2D eigenvalue weighted by molar-refractivity contribution is 6.31. The molecule has 0 unspecified atom stereocenters. The van der Waals surface area contributed by atoms with Crippen molar-refractivity contribution < 1.29 is 18.7 Å². The van der Waals surface area contributed by atoms with Crippen LogP contribution in [0.4, 0.5) is 4.39 Å². The minimum atomic E-state index is -0.372. The van der Waals surface area contributed by atoms with Crippen LogP contribution in [0.1, 0.15) is 19.8 Å². The number of carbonyl (C=O) groups excluding carboxylic acids is 1. The lowest BCUT2D eigenvalue weighted by atomic mass is 10.1. The normalized spacial score (nSPS) is 15.8. The van der Waals surface area contributed by atoms with E-state index in [2.05, 4.69) is 0 Å². The van der Waals surface area contributed by atoms with Crippen molar-refractivity contribution in [2.24, 2.45) is 0 Å². The van der Waals surface area contributed by atoms with Gasteiger partial charge in [0, 0.05) is 12.8 Å². The fourth-order valence-electron chi connectivity index (χ4n) is 1.17. The maximum atomic E-state index is 12.7. The van der Waals surface area contributed by atoms with E-state index in [-0.39, 0.29) is 29.9 Å². The summed E-state index contributed by atoms with van der Waals surface area (Å²) < 4.78 is 22.7. The molecule has 0 N–H and O–H groups in total. The van der Waals surface area contributed by atoms with Crippen LogP contribution in [0, 0.1) is 6.42 Å². The van der Waals surface area contributed by atoms with E-state index in [0.717, 1.165) is 0 Å². The average Bonchev–Trinajstić information content (AvgIpc) is 2.22. The molecule has 0 amide bonds. The maximum absolute atomic E-state index is 12.7. The van der Waals surface area contributed by atoms with Gasteiger partial charge in [0.25, 0.3) is 0 Å². The van der Waals surface area contributed by atoms with Crippen molar-refractivity contribution in [3.8, 4) is 0 Å². The zero-order valence-corrected chi connectivity index (χ0v) is 9.72. The maximum Gasteiger partial charge on any atom is 0.309 e. The standard InChI is InChI=1S/C11H13ClFO3/c1-2-15-11(14)5-6-16-10-4-3-8(13)7-9(10)12/h3,7H,2,4-6H2,1H3. The average molecular weight is 248 g/mol. The summed E-state index contributed by atoms with van der Waals surface area (Å²) in [5.41, 5.74) is 0. The van der Waals surface area contributed by atoms with Crippen LogP contribution in [0.25, 0.3) is 0 Å². The molecule has 0 saturated carbocycles. The molecule has 1 aliphatic carbocycles. The molecule has 1 radical (unpaired) electrons. The van der Waals surface area contributed by atoms with Gasteiger partial charge >= 0.3 is 5.97 Å². The van der Waals surface area contributed by atoms with Crippen molar-refractivity contribution in [2.45, 2.75) is 19.8 Å². The Labute approximate surface area is 98.9 Å². The Balaban J connectivity index is 2.33. The van der Waals surface area contributed by atoms with Crippen LogP contribution in [0.3, 0.4) is 0 Å². The number of rotatable bonds is 5. The van der Waals surface area contributed by atoms with Crippen LogP contribution >= 0.6 is 11.6 Å². The fourth-order valence-corrected chi connectivity index (χ4v) is 1.40. The third kappa shape index (κ3) is 4.23. The molecule has 5 heteroatoms. The lowest BCUT2D eigenvalue weighted by Gasteiger charge is -2.14. The van der Waals surface area contributed by atoms with Crippen molar-refractivity contribution in [1.29, 1.82) is 0 Å². The number of allylic oxidation sites excluding steroid dienone is 4. The topological polar surface area (TPSA) is 35.5 Å². The predicted molar refractivity (Wildman–Crippen MR) is 58.2 cm³/mol. The van der Waals surface area contributed by atoms with E-state index in [1.807, 2.05) is 0 Å². The Morgan fingerprint density at radius 1 is 1.62 bits per heavy atom. The highest BCUT2D eigenvalue weighted by Crippen LogP contribution is 2.27. The molecular formula is C11H13ClFO3. The zero-order valence-electron chi connectivity index (χ0n) is 8.96. The summed E-state index contributed by atoms with van der Waals surface area (Å²) in [7, 11) is 0. The van der Waals surface area contributed by atoms with Gasteiger partial charge in [0.2, 0.25) is 0 Å². The van der Waals surface area contributed by atoms with Gasteiger partial charge in [-0.25, -0.2) is 4.39 Å². The van der Waals surface area contributed by atoms with E-state index in [9.17, 15) is 9.18 Å². The third-order valence-corrected chi connectivity index (χ3v) is 2.22. The van der Waals surface area contributed by atoms with Crippen molar-refractivity contribution in [2.75, 3.05) is 13.2 Å². The Kier molecular flexibility index (Phi) is 5.32. The first-order chi connectivity index (χ1) is 7.63.